The second-order valence-electron chi connectivity index (χ2n) is 3.34. The van der Waals surface area contributed by atoms with E-state index >= 15 is 0 Å². The molecule has 1 unspecified atom stereocenters. The number of aromatic nitrogens is 2. The Hall–Kier alpha value is -1.20. The summed E-state index contributed by atoms with van der Waals surface area (Å²) in [5.74, 6) is 1.07. The highest BCUT2D eigenvalue weighted by Crippen LogP contribution is 2.02. The number of hydrogen-bond acceptors (Lipinski definition) is 5. The van der Waals surface area contributed by atoms with Crippen molar-refractivity contribution >= 4 is 5.82 Å². The molecule has 0 aliphatic carbocycles. The van der Waals surface area contributed by atoms with Crippen molar-refractivity contribution in [2.24, 2.45) is 5.73 Å². The minimum absolute atomic E-state index is 0.0251. The summed E-state index contributed by atoms with van der Waals surface area (Å²) in [5.41, 5.74) is 11.9. The first-order valence-electron chi connectivity index (χ1n) is 4.51. The SMILES string of the molecule is Cc1cc(N)nc(COCC(C)N)n1. The van der Waals surface area contributed by atoms with Crippen LogP contribution in [-0.2, 0) is 11.3 Å². The molecule has 1 aromatic rings. The van der Waals surface area contributed by atoms with Crippen molar-refractivity contribution in [1.29, 1.82) is 0 Å². The van der Waals surface area contributed by atoms with E-state index in [-0.39, 0.29) is 6.04 Å². The number of nitrogens with two attached hydrogens (primary N) is 2. The van der Waals surface area contributed by atoms with Crippen molar-refractivity contribution in [3.8, 4) is 0 Å². The minimum Gasteiger partial charge on any atom is -0.384 e. The molecule has 1 atom stereocenters. The molecule has 0 radical (unpaired) electrons. The van der Waals surface area contributed by atoms with Crippen molar-refractivity contribution in [1.82, 2.24) is 9.97 Å². The van der Waals surface area contributed by atoms with E-state index in [9.17, 15) is 0 Å². The summed E-state index contributed by atoms with van der Waals surface area (Å²) < 4.78 is 5.29. The van der Waals surface area contributed by atoms with Gasteiger partial charge in [0.2, 0.25) is 0 Å². The first-order valence-corrected chi connectivity index (χ1v) is 4.51. The van der Waals surface area contributed by atoms with Crippen LogP contribution in [0.3, 0.4) is 0 Å². The van der Waals surface area contributed by atoms with Gasteiger partial charge in [-0.25, -0.2) is 9.97 Å². The number of hydrogen-bond donors (Lipinski definition) is 2. The van der Waals surface area contributed by atoms with Crippen LogP contribution in [0.4, 0.5) is 5.82 Å². The van der Waals surface area contributed by atoms with E-state index in [1.54, 1.807) is 6.07 Å². The number of nitrogen functional groups attached to an aromatic ring is 1. The van der Waals surface area contributed by atoms with Gasteiger partial charge in [-0.2, -0.15) is 0 Å². The van der Waals surface area contributed by atoms with Crippen LogP contribution in [0.25, 0.3) is 0 Å². The first-order chi connectivity index (χ1) is 6.58. The van der Waals surface area contributed by atoms with Crippen LogP contribution >= 0.6 is 0 Å². The highest BCUT2D eigenvalue weighted by Gasteiger charge is 2.01. The molecule has 0 saturated heterocycles. The van der Waals surface area contributed by atoms with Crippen LogP contribution in [0.1, 0.15) is 18.4 Å². The van der Waals surface area contributed by atoms with Crippen LogP contribution in [-0.4, -0.2) is 22.6 Å². The molecule has 14 heavy (non-hydrogen) atoms. The number of aryl methyl sites for hydroxylation is 1. The Morgan fingerprint density at radius 2 is 2.21 bits per heavy atom. The quantitative estimate of drug-likeness (QED) is 0.719. The lowest BCUT2D eigenvalue weighted by atomic mass is 10.4. The maximum Gasteiger partial charge on any atom is 0.156 e. The van der Waals surface area contributed by atoms with E-state index in [0.717, 1.165) is 5.69 Å². The second kappa shape index (κ2) is 4.88. The summed E-state index contributed by atoms with van der Waals surface area (Å²) in [6, 6.07) is 1.74. The van der Waals surface area contributed by atoms with Gasteiger partial charge in [0.05, 0.1) is 6.61 Å². The van der Waals surface area contributed by atoms with Gasteiger partial charge in [0.1, 0.15) is 12.4 Å². The van der Waals surface area contributed by atoms with Gasteiger partial charge < -0.3 is 16.2 Å². The molecule has 0 amide bonds. The lowest BCUT2D eigenvalue weighted by Gasteiger charge is -2.06. The third kappa shape index (κ3) is 3.68. The molecule has 0 aliphatic heterocycles. The topological polar surface area (TPSA) is 87.0 Å². The predicted octanol–water partition coefficient (Wildman–Crippen LogP) is 0.231. The van der Waals surface area contributed by atoms with Gasteiger partial charge in [-0.15, -0.1) is 0 Å². The fourth-order valence-electron chi connectivity index (χ4n) is 1.06. The molecule has 0 aliphatic rings. The van der Waals surface area contributed by atoms with Crippen LogP contribution < -0.4 is 11.5 Å². The standard InChI is InChI=1S/C9H16N4O/c1-6(10)4-14-5-9-12-7(2)3-8(11)13-9/h3,6H,4-5,10H2,1-2H3,(H2,11,12,13). The van der Waals surface area contributed by atoms with Gasteiger partial charge in [-0.1, -0.05) is 0 Å². The Kier molecular flexibility index (Phi) is 3.79. The normalized spacial score (nSPS) is 12.8. The Morgan fingerprint density at radius 1 is 1.50 bits per heavy atom. The summed E-state index contributed by atoms with van der Waals surface area (Å²) in [6.45, 7) is 4.60. The summed E-state index contributed by atoms with van der Waals surface area (Å²) in [4.78, 5) is 8.21. The van der Waals surface area contributed by atoms with Crippen molar-refractivity contribution in [3.63, 3.8) is 0 Å². The summed E-state index contributed by atoms with van der Waals surface area (Å²) in [6.07, 6.45) is 0. The van der Waals surface area contributed by atoms with E-state index in [0.29, 0.717) is 24.9 Å². The number of anilines is 1. The Bertz CT molecular complexity index is 281. The predicted molar refractivity (Wildman–Crippen MR) is 54.5 cm³/mol. The molecule has 1 heterocycles. The summed E-state index contributed by atoms with van der Waals surface area (Å²) >= 11 is 0. The maximum absolute atomic E-state index is 5.56. The maximum atomic E-state index is 5.56. The van der Waals surface area contributed by atoms with Gasteiger partial charge in [-0.05, 0) is 13.8 Å². The largest absolute Gasteiger partial charge is 0.384 e. The highest BCUT2D eigenvalue weighted by atomic mass is 16.5. The van der Waals surface area contributed by atoms with Gasteiger partial charge in [0.25, 0.3) is 0 Å². The highest BCUT2D eigenvalue weighted by molar-refractivity contribution is 5.28. The molecule has 1 rings (SSSR count). The molecule has 1 aromatic heterocycles. The molecule has 5 nitrogen and oxygen atoms in total. The fraction of sp³-hybridized carbons (Fsp3) is 0.556. The third-order valence-electron chi connectivity index (χ3n) is 1.53. The average molecular weight is 196 g/mol. The number of nitrogens with zero attached hydrogens (tertiary/aromatic N) is 2. The van der Waals surface area contributed by atoms with Gasteiger partial charge in [0.15, 0.2) is 5.82 Å². The van der Waals surface area contributed by atoms with E-state index in [2.05, 4.69) is 9.97 Å². The van der Waals surface area contributed by atoms with Gasteiger partial charge in [0, 0.05) is 17.8 Å². The molecule has 0 bridgehead atoms. The van der Waals surface area contributed by atoms with E-state index in [4.69, 9.17) is 16.2 Å². The zero-order valence-electron chi connectivity index (χ0n) is 8.53. The number of ether oxygens (including phenoxy) is 1. The molecule has 0 spiro atoms. The molecular formula is C9H16N4O. The zero-order valence-corrected chi connectivity index (χ0v) is 8.53. The van der Waals surface area contributed by atoms with Crippen molar-refractivity contribution in [2.75, 3.05) is 12.3 Å². The second-order valence-corrected chi connectivity index (χ2v) is 3.34. The fourth-order valence-corrected chi connectivity index (χ4v) is 1.06. The van der Waals surface area contributed by atoms with Crippen LogP contribution in [0.5, 0.6) is 0 Å². The monoisotopic (exact) mass is 196 g/mol. The van der Waals surface area contributed by atoms with Crippen LogP contribution in [0.15, 0.2) is 6.07 Å². The Labute approximate surface area is 83.5 Å². The molecule has 0 aromatic carbocycles. The lowest BCUT2D eigenvalue weighted by molar-refractivity contribution is 0.106. The van der Waals surface area contributed by atoms with E-state index in [1.807, 2.05) is 13.8 Å². The van der Waals surface area contributed by atoms with Crippen molar-refractivity contribution in [2.45, 2.75) is 26.5 Å². The van der Waals surface area contributed by atoms with Crippen molar-refractivity contribution < 1.29 is 4.74 Å². The lowest BCUT2D eigenvalue weighted by Crippen LogP contribution is -2.22. The van der Waals surface area contributed by atoms with Crippen LogP contribution in [0.2, 0.25) is 0 Å². The van der Waals surface area contributed by atoms with Crippen LogP contribution in [0, 0.1) is 6.92 Å². The third-order valence-corrected chi connectivity index (χ3v) is 1.53. The zero-order chi connectivity index (χ0) is 10.6. The Balaban J connectivity index is 2.50. The molecule has 0 saturated carbocycles. The molecule has 5 heteroatoms. The van der Waals surface area contributed by atoms with E-state index in [1.165, 1.54) is 0 Å². The molecule has 4 N–H and O–H groups in total. The number of rotatable bonds is 4. The van der Waals surface area contributed by atoms with Gasteiger partial charge in [-0.3, -0.25) is 0 Å². The summed E-state index contributed by atoms with van der Waals surface area (Å²) in [5, 5.41) is 0. The minimum atomic E-state index is 0.0251. The van der Waals surface area contributed by atoms with Crippen molar-refractivity contribution in [3.05, 3.63) is 17.6 Å². The Morgan fingerprint density at radius 3 is 2.79 bits per heavy atom. The van der Waals surface area contributed by atoms with E-state index < -0.39 is 0 Å². The van der Waals surface area contributed by atoms with Gasteiger partial charge >= 0.3 is 0 Å². The molecule has 0 fully saturated rings. The average Bonchev–Trinajstić information content (AvgIpc) is 2.01. The summed E-state index contributed by atoms with van der Waals surface area (Å²) in [7, 11) is 0. The first kappa shape index (κ1) is 10.9. The molecular weight excluding hydrogens is 180 g/mol. The smallest absolute Gasteiger partial charge is 0.156 e. The molecule has 78 valence electrons.